The molecule has 0 aliphatic rings. The Labute approximate surface area is 543 Å². The number of ether oxygens (including phenoxy) is 4. The highest BCUT2D eigenvalue weighted by Gasteiger charge is 2.30. The van der Waals surface area contributed by atoms with Crippen LogP contribution in [0.2, 0.25) is 0 Å². The molecule has 4 unspecified atom stereocenters. The topological polar surface area (TPSA) is 237 Å². The fourth-order valence-corrected chi connectivity index (χ4v) is 12.1. The molecule has 0 aromatic carbocycles. The molecule has 0 heterocycles. The molecule has 0 amide bonds. The van der Waals surface area contributed by atoms with Crippen LogP contribution in [0.5, 0.6) is 0 Å². The molecule has 0 aromatic heterocycles. The first-order valence-corrected chi connectivity index (χ1v) is 39.4. The number of unbranched alkanes of at least 4 members (excludes halogenated alkanes) is 34. The summed E-state index contributed by atoms with van der Waals surface area (Å²) in [6.45, 7) is 11.8. The SMILES string of the molecule is CCCCCCCCCCCC(=O)OC[C@H](COP(=O)(O)OC[C@H](O)COP(=O)(O)OC[C@@H](COC(=O)CCCCCCCCCCCC(C)C)OC(=O)CCCCCCCCCCCCCCCCC(C)CC)OC(=O)CCCCCCCCC(C)CC. The number of aliphatic hydroxyl groups is 1. The molecule has 0 aromatic rings. The molecule has 7 atom stereocenters. The first kappa shape index (κ1) is 87.1. The van der Waals surface area contributed by atoms with Crippen LogP contribution in [0.15, 0.2) is 0 Å². The van der Waals surface area contributed by atoms with Crippen molar-refractivity contribution in [3.05, 3.63) is 0 Å². The fourth-order valence-electron chi connectivity index (χ4n) is 10.5. The monoisotopic (exact) mass is 1310 g/mol. The molecule has 528 valence electrons. The van der Waals surface area contributed by atoms with E-state index in [2.05, 4.69) is 48.5 Å². The van der Waals surface area contributed by atoms with Crippen LogP contribution < -0.4 is 0 Å². The molecule has 0 aliphatic carbocycles. The van der Waals surface area contributed by atoms with Crippen molar-refractivity contribution in [2.24, 2.45) is 17.8 Å². The maximum absolute atomic E-state index is 13.0. The summed E-state index contributed by atoms with van der Waals surface area (Å²) in [4.78, 5) is 72.5. The van der Waals surface area contributed by atoms with Crippen LogP contribution in [-0.2, 0) is 65.4 Å². The lowest BCUT2D eigenvalue weighted by Crippen LogP contribution is -2.30. The number of phosphoric ester groups is 2. The number of rotatable bonds is 68. The number of hydrogen-bond acceptors (Lipinski definition) is 15. The summed E-state index contributed by atoms with van der Waals surface area (Å²) in [5.41, 5.74) is 0. The normalized spacial score (nSPS) is 14.8. The van der Waals surface area contributed by atoms with Crippen molar-refractivity contribution in [2.45, 2.75) is 369 Å². The van der Waals surface area contributed by atoms with Crippen molar-refractivity contribution in [3.63, 3.8) is 0 Å². The average molecular weight is 1310 g/mol. The van der Waals surface area contributed by atoms with Crippen LogP contribution in [0, 0.1) is 17.8 Å². The molecule has 3 N–H and O–H groups in total. The number of esters is 4. The largest absolute Gasteiger partial charge is 0.472 e. The summed E-state index contributed by atoms with van der Waals surface area (Å²) >= 11 is 0. The Morgan fingerprint density at radius 1 is 0.326 bits per heavy atom. The zero-order chi connectivity index (χ0) is 65.9. The van der Waals surface area contributed by atoms with Crippen molar-refractivity contribution in [2.75, 3.05) is 39.6 Å². The van der Waals surface area contributed by atoms with E-state index in [4.69, 9.17) is 37.0 Å². The average Bonchev–Trinajstić information content (AvgIpc) is 3.56. The summed E-state index contributed by atoms with van der Waals surface area (Å²) in [5.74, 6) is 0.180. The second-order valence-corrected chi connectivity index (χ2v) is 29.1. The molecule has 89 heavy (non-hydrogen) atoms. The molecule has 0 radical (unpaired) electrons. The van der Waals surface area contributed by atoms with E-state index in [1.54, 1.807) is 0 Å². The predicted octanol–water partition coefficient (Wildman–Crippen LogP) is 19.8. The number of aliphatic hydroxyl groups excluding tert-OH is 1. The Balaban J connectivity index is 5.22. The standard InChI is InChI=1S/C70H136O17P2/c1-8-11-12-13-14-22-29-37-44-51-67(72)80-58-66(87-70(75)54-47-40-33-32-36-43-50-63(7)10-3)60-85-89(78,79)83-56-64(71)55-82-88(76,77)84-59-65(57-81-68(73)52-45-38-30-26-21-23-27-34-41-48-61(4)5)86-69(74)53-46-39-31-25-20-18-16-15-17-19-24-28-35-42-49-62(6)9-2/h61-66,71H,8-60H2,1-7H3,(H,76,77)(H,78,79)/t62?,63?,64-,65-,66-/m1/s1. The molecule has 0 bridgehead atoms. The van der Waals surface area contributed by atoms with E-state index in [0.29, 0.717) is 25.7 Å². The first-order valence-electron chi connectivity index (χ1n) is 36.4. The third kappa shape index (κ3) is 62.0. The summed E-state index contributed by atoms with van der Waals surface area (Å²) in [7, 11) is -9.90. The molecule has 0 spiro atoms. The van der Waals surface area contributed by atoms with Crippen LogP contribution in [0.25, 0.3) is 0 Å². The molecule has 0 fully saturated rings. The van der Waals surface area contributed by atoms with Crippen molar-refractivity contribution < 1.29 is 80.2 Å². The van der Waals surface area contributed by atoms with Gasteiger partial charge in [-0.2, -0.15) is 0 Å². The van der Waals surface area contributed by atoms with Gasteiger partial charge in [0.2, 0.25) is 0 Å². The van der Waals surface area contributed by atoms with Crippen LogP contribution in [-0.4, -0.2) is 96.7 Å². The summed E-state index contributed by atoms with van der Waals surface area (Å²) in [6.07, 6.45) is 44.4. The van der Waals surface area contributed by atoms with E-state index in [0.717, 1.165) is 108 Å². The van der Waals surface area contributed by atoms with Gasteiger partial charge in [0.25, 0.3) is 0 Å². The van der Waals surface area contributed by atoms with E-state index in [-0.39, 0.29) is 25.7 Å². The lowest BCUT2D eigenvalue weighted by Gasteiger charge is -2.21. The van der Waals surface area contributed by atoms with Crippen LogP contribution in [0.3, 0.4) is 0 Å². The number of hydrogen-bond donors (Lipinski definition) is 3. The van der Waals surface area contributed by atoms with Gasteiger partial charge in [0.15, 0.2) is 12.2 Å². The van der Waals surface area contributed by atoms with E-state index < -0.39 is 97.5 Å². The Bertz CT molecular complexity index is 1750. The van der Waals surface area contributed by atoms with Gasteiger partial charge in [-0.05, 0) is 43.4 Å². The summed E-state index contributed by atoms with van der Waals surface area (Å²) < 4.78 is 68.2. The fraction of sp³-hybridized carbons (Fsp3) is 0.943. The third-order valence-corrected chi connectivity index (χ3v) is 18.8. The molecule has 17 nitrogen and oxygen atoms in total. The minimum absolute atomic E-state index is 0.103. The van der Waals surface area contributed by atoms with Crippen LogP contribution in [0.4, 0.5) is 0 Å². The number of phosphoric acid groups is 2. The third-order valence-electron chi connectivity index (χ3n) is 16.9. The molecule has 0 saturated carbocycles. The van der Waals surface area contributed by atoms with Crippen molar-refractivity contribution in [1.82, 2.24) is 0 Å². The second kappa shape index (κ2) is 61.0. The van der Waals surface area contributed by atoms with Crippen LogP contribution in [0.1, 0.15) is 350 Å². The molecule has 0 rings (SSSR count). The van der Waals surface area contributed by atoms with Gasteiger partial charge >= 0.3 is 39.5 Å². The van der Waals surface area contributed by atoms with E-state index >= 15 is 0 Å². The quantitative estimate of drug-likeness (QED) is 0.0222. The summed E-state index contributed by atoms with van der Waals surface area (Å²) in [5, 5.41) is 10.6. The van der Waals surface area contributed by atoms with E-state index in [9.17, 15) is 43.2 Å². The highest BCUT2D eigenvalue weighted by atomic mass is 31.2. The highest BCUT2D eigenvalue weighted by molar-refractivity contribution is 7.47. The van der Waals surface area contributed by atoms with Gasteiger partial charge in [0.1, 0.15) is 19.3 Å². The minimum atomic E-state index is -4.95. The Morgan fingerprint density at radius 3 is 0.854 bits per heavy atom. The van der Waals surface area contributed by atoms with Crippen molar-refractivity contribution in [3.8, 4) is 0 Å². The minimum Gasteiger partial charge on any atom is -0.462 e. The van der Waals surface area contributed by atoms with Gasteiger partial charge in [-0.1, -0.05) is 299 Å². The molecule has 0 aliphatic heterocycles. The smallest absolute Gasteiger partial charge is 0.462 e. The van der Waals surface area contributed by atoms with Gasteiger partial charge in [-0.3, -0.25) is 37.3 Å². The zero-order valence-corrected chi connectivity index (χ0v) is 59.7. The van der Waals surface area contributed by atoms with Gasteiger partial charge in [-0.25, -0.2) is 9.13 Å². The second-order valence-electron chi connectivity index (χ2n) is 26.2. The molecular weight excluding hydrogens is 1170 g/mol. The molecule has 19 heteroatoms. The lowest BCUT2D eigenvalue weighted by atomic mass is 9.99. The van der Waals surface area contributed by atoms with E-state index in [1.807, 2.05) is 0 Å². The van der Waals surface area contributed by atoms with Crippen molar-refractivity contribution >= 4 is 39.5 Å². The first-order chi connectivity index (χ1) is 42.8. The molecular formula is C70H136O17P2. The number of carbonyl (C=O) groups is 4. The van der Waals surface area contributed by atoms with Gasteiger partial charge in [0.05, 0.1) is 26.4 Å². The number of carbonyl (C=O) groups excluding carboxylic acids is 4. The Hall–Kier alpha value is -1.94. The Morgan fingerprint density at radius 2 is 0.573 bits per heavy atom. The molecule has 0 saturated heterocycles. The predicted molar refractivity (Wildman–Crippen MR) is 358 cm³/mol. The Kier molecular flexibility index (Phi) is 59.6. The summed E-state index contributed by atoms with van der Waals surface area (Å²) in [6, 6.07) is 0. The van der Waals surface area contributed by atoms with Crippen LogP contribution >= 0.6 is 15.6 Å². The highest BCUT2D eigenvalue weighted by Crippen LogP contribution is 2.45. The maximum atomic E-state index is 13.0. The van der Waals surface area contributed by atoms with Gasteiger partial charge in [0, 0.05) is 25.7 Å². The maximum Gasteiger partial charge on any atom is 0.472 e. The van der Waals surface area contributed by atoms with Gasteiger partial charge in [-0.15, -0.1) is 0 Å². The van der Waals surface area contributed by atoms with Gasteiger partial charge < -0.3 is 33.8 Å². The van der Waals surface area contributed by atoms with E-state index in [1.165, 1.54) is 161 Å². The lowest BCUT2D eigenvalue weighted by molar-refractivity contribution is -0.161. The van der Waals surface area contributed by atoms with Crippen molar-refractivity contribution in [1.29, 1.82) is 0 Å². The zero-order valence-electron chi connectivity index (χ0n) is 57.9.